The van der Waals surface area contributed by atoms with Crippen LogP contribution < -0.4 is 0 Å². The van der Waals surface area contributed by atoms with Crippen LogP contribution in [0.25, 0.3) is 96.9 Å². The maximum atomic E-state index is 6.63. The third-order valence-electron chi connectivity index (χ3n) is 9.04. The number of thiophene rings is 1. The van der Waals surface area contributed by atoms with E-state index in [1.165, 1.54) is 36.7 Å². The Kier molecular flexibility index (Phi) is 4.90. The fourth-order valence-electron chi connectivity index (χ4n) is 7.11. The van der Waals surface area contributed by atoms with Crippen molar-refractivity contribution in [3.05, 3.63) is 140 Å². The molecule has 0 atom stereocenters. The first-order valence-corrected chi connectivity index (χ1v) is 15.7. The normalized spacial score (nSPS) is 12.1. The van der Waals surface area contributed by atoms with Gasteiger partial charge in [0, 0.05) is 47.3 Å². The average Bonchev–Trinajstić information content (AvgIpc) is 3.67. The van der Waals surface area contributed by atoms with E-state index in [9.17, 15) is 0 Å². The number of rotatable bonds is 2. The highest BCUT2D eigenvalue weighted by molar-refractivity contribution is 7.26. The highest BCUT2D eigenvalue weighted by atomic mass is 32.1. The van der Waals surface area contributed by atoms with Crippen molar-refractivity contribution in [1.29, 1.82) is 0 Å². The maximum Gasteiger partial charge on any atom is 0.146 e. The molecule has 0 spiro atoms. The average molecular weight is 578 g/mol. The summed E-state index contributed by atoms with van der Waals surface area (Å²) >= 11 is 1.87. The van der Waals surface area contributed by atoms with Gasteiger partial charge in [-0.15, -0.1) is 11.3 Å². The number of pyridine rings is 1. The standard InChI is InChI=1S/C41H23NOS/c1-4-17-31-28(14-1)36-33-18-5-7-21-34(33)43-40(36)37-29-15-2-3-16-30(29)38(42-39(31)37)25-12-9-11-24(23-25)26-19-10-20-32-27-13-6-8-22-35(27)44-41(26)32/h1-23H. The van der Waals surface area contributed by atoms with E-state index in [1.54, 1.807) is 0 Å². The minimum absolute atomic E-state index is 0.899. The Bertz CT molecular complexity index is 2780. The minimum atomic E-state index is 0.899. The molecule has 0 saturated carbocycles. The van der Waals surface area contributed by atoms with Gasteiger partial charge in [-0.3, -0.25) is 0 Å². The van der Waals surface area contributed by atoms with Gasteiger partial charge < -0.3 is 4.42 Å². The summed E-state index contributed by atoms with van der Waals surface area (Å²) in [6.45, 7) is 0. The van der Waals surface area contributed by atoms with Crippen molar-refractivity contribution >= 4 is 85.9 Å². The SMILES string of the molecule is c1cc(-c2nc3c4ccccc4c4c5ccccc5oc4c3c3ccccc23)cc(-c2cccc3c2sc2ccccc23)c1. The van der Waals surface area contributed by atoms with Crippen LogP contribution in [0.4, 0.5) is 0 Å². The number of nitrogens with zero attached hydrogens (tertiary/aromatic N) is 1. The van der Waals surface area contributed by atoms with E-state index in [-0.39, 0.29) is 0 Å². The predicted molar refractivity (Wildman–Crippen MR) is 188 cm³/mol. The monoisotopic (exact) mass is 577 g/mol. The number of para-hydroxylation sites is 1. The third-order valence-corrected chi connectivity index (χ3v) is 10.3. The van der Waals surface area contributed by atoms with Gasteiger partial charge in [0.05, 0.1) is 16.6 Å². The number of aromatic nitrogens is 1. The topological polar surface area (TPSA) is 26.0 Å². The molecule has 0 saturated heterocycles. The lowest BCUT2D eigenvalue weighted by Crippen LogP contribution is -1.92. The summed E-state index contributed by atoms with van der Waals surface area (Å²) in [5.74, 6) is 0. The lowest BCUT2D eigenvalue weighted by atomic mass is 9.93. The third kappa shape index (κ3) is 3.27. The largest absolute Gasteiger partial charge is 0.455 e. The van der Waals surface area contributed by atoms with Gasteiger partial charge >= 0.3 is 0 Å². The Balaban J connectivity index is 1.29. The highest BCUT2D eigenvalue weighted by Crippen LogP contribution is 2.45. The summed E-state index contributed by atoms with van der Waals surface area (Å²) in [6, 6.07) is 49.8. The van der Waals surface area contributed by atoms with Crippen molar-refractivity contribution in [1.82, 2.24) is 4.98 Å². The molecule has 7 aromatic carbocycles. The second-order valence-corrected chi connectivity index (χ2v) is 12.5. The van der Waals surface area contributed by atoms with Gasteiger partial charge in [-0.05, 0) is 40.1 Å². The molecule has 0 bridgehead atoms. The van der Waals surface area contributed by atoms with E-state index in [1.807, 2.05) is 17.4 Å². The number of fused-ring (bicyclic) bond motifs is 13. The molecule has 204 valence electrons. The van der Waals surface area contributed by atoms with Crippen molar-refractivity contribution in [3.63, 3.8) is 0 Å². The fraction of sp³-hybridized carbons (Fsp3) is 0. The van der Waals surface area contributed by atoms with Crippen molar-refractivity contribution in [2.75, 3.05) is 0 Å². The highest BCUT2D eigenvalue weighted by Gasteiger charge is 2.21. The summed E-state index contributed by atoms with van der Waals surface area (Å²) < 4.78 is 9.27. The fourth-order valence-corrected chi connectivity index (χ4v) is 8.35. The van der Waals surface area contributed by atoms with E-state index < -0.39 is 0 Å². The molecule has 0 radical (unpaired) electrons. The van der Waals surface area contributed by atoms with Gasteiger partial charge in [0.15, 0.2) is 0 Å². The van der Waals surface area contributed by atoms with Gasteiger partial charge in [-0.25, -0.2) is 4.98 Å². The van der Waals surface area contributed by atoms with Crippen LogP contribution in [0.15, 0.2) is 144 Å². The molecule has 0 fully saturated rings. The predicted octanol–water partition coefficient (Wildman–Crippen LogP) is 12.1. The maximum absolute atomic E-state index is 6.63. The molecule has 0 unspecified atom stereocenters. The van der Waals surface area contributed by atoms with E-state index in [0.717, 1.165) is 60.3 Å². The molecule has 3 aromatic heterocycles. The van der Waals surface area contributed by atoms with Crippen LogP contribution in [0.1, 0.15) is 0 Å². The number of benzene rings is 7. The molecule has 0 aliphatic rings. The van der Waals surface area contributed by atoms with Crippen LogP contribution in [0.3, 0.4) is 0 Å². The zero-order valence-electron chi connectivity index (χ0n) is 23.5. The van der Waals surface area contributed by atoms with Gasteiger partial charge in [0.2, 0.25) is 0 Å². The second kappa shape index (κ2) is 9.00. The van der Waals surface area contributed by atoms with Gasteiger partial charge in [0.25, 0.3) is 0 Å². The Hall–Kier alpha value is -5.51. The molecular formula is C41H23NOS. The number of hydrogen-bond donors (Lipinski definition) is 0. The van der Waals surface area contributed by atoms with Crippen LogP contribution in [0.5, 0.6) is 0 Å². The van der Waals surface area contributed by atoms with Gasteiger partial charge in [-0.1, -0.05) is 121 Å². The van der Waals surface area contributed by atoms with Crippen LogP contribution in [-0.4, -0.2) is 4.98 Å². The lowest BCUT2D eigenvalue weighted by Gasteiger charge is -2.14. The van der Waals surface area contributed by atoms with E-state index >= 15 is 0 Å². The molecule has 0 aliphatic heterocycles. The van der Waals surface area contributed by atoms with Crippen molar-refractivity contribution in [3.8, 4) is 22.4 Å². The van der Waals surface area contributed by atoms with Gasteiger partial charge in [0.1, 0.15) is 11.2 Å². The molecule has 2 nitrogen and oxygen atoms in total. The first kappa shape index (κ1) is 24.0. The number of hydrogen-bond acceptors (Lipinski definition) is 3. The van der Waals surface area contributed by atoms with Gasteiger partial charge in [-0.2, -0.15) is 0 Å². The molecule has 44 heavy (non-hydrogen) atoms. The van der Waals surface area contributed by atoms with E-state index in [2.05, 4.69) is 133 Å². The quantitative estimate of drug-likeness (QED) is 0.191. The zero-order chi connectivity index (χ0) is 28.8. The summed E-state index contributed by atoms with van der Waals surface area (Å²) in [4.78, 5) is 5.50. The zero-order valence-corrected chi connectivity index (χ0v) is 24.4. The molecule has 3 heteroatoms. The summed E-state index contributed by atoms with van der Waals surface area (Å²) in [6.07, 6.45) is 0. The Morgan fingerprint density at radius 2 is 1.11 bits per heavy atom. The number of furan rings is 1. The van der Waals surface area contributed by atoms with E-state index in [0.29, 0.717) is 0 Å². The Morgan fingerprint density at radius 1 is 0.477 bits per heavy atom. The molecular weight excluding hydrogens is 555 g/mol. The summed E-state index contributed by atoms with van der Waals surface area (Å²) in [7, 11) is 0. The minimum Gasteiger partial charge on any atom is -0.455 e. The molecule has 0 N–H and O–H groups in total. The lowest BCUT2D eigenvalue weighted by molar-refractivity contribution is 0.673. The second-order valence-electron chi connectivity index (χ2n) is 11.4. The van der Waals surface area contributed by atoms with Crippen LogP contribution in [-0.2, 0) is 0 Å². The first-order chi connectivity index (χ1) is 21.8. The van der Waals surface area contributed by atoms with Crippen LogP contribution >= 0.6 is 11.3 Å². The van der Waals surface area contributed by atoms with Crippen molar-refractivity contribution in [2.24, 2.45) is 0 Å². The molecule has 10 rings (SSSR count). The smallest absolute Gasteiger partial charge is 0.146 e. The molecule has 10 aromatic rings. The molecule has 0 aliphatic carbocycles. The Labute approximate surface area is 256 Å². The van der Waals surface area contributed by atoms with E-state index in [4.69, 9.17) is 9.40 Å². The van der Waals surface area contributed by atoms with Crippen molar-refractivity contribution in [2.45, 2.75) is 0 Å². The van der Waals surface area contributed by atoms with Crippen LogP contribution in [0, 0.1) is 0 Å². The summed E-state index contributed by atoms with van der Waals surface area (Å²) in [5.41, 5.74) is 7.31. The first-order valence-electron chi connectivity index (χ1n) is 14.9. The molecule has 0 amide bonds. The van der Waals surface area contributed by atoms with Crippen molar-refractivity contribution < 1.29 is 4.42 Å². The summed E-state index contributed by atoms with van der Waals surface area (Å²) in [5, 5.41) is 10.6. The molecule has 3 heterocycles. The Morgan fingerprint density at radius 3 is 1.98 bits per heavy atom. The van der Waals surface area contributed by atoms with Crippen LogP contribution in [0.2, 0.25) is 0 Å².